The van der Waals surface area contributed by atoms with Gasteiger partial charge >= 0.3 is 0 Å². The van der Waals surface area contributed by atoms with E-state index in [9.17, 15) is 4.79 Å². The molecule has 0 aliphatic heterocycles. The minimum absolute atomic E-state index is 0.289. The van der Waals surface area contributed by atoms with Gasteiger partial charge in [0.25, 0.3) is 5.56 Å². The molecule has 0 fully saturated rings. The minimum atomic E-state index is -0.289. The molecule has 0 radical (unpaired) electrons. The molecule has 0 aliphatic rings. The highest BCUT2D eigenvalue weighted by Gasteiger charge is 2.16. The van der Waals surface area contributed by atoms with Gasteiger partial charge in [-0.3, -0.25) is 9.20 Å². The van der Waals surface area contributed by atoms with Crippen LogP contribution in [-0.4, -0.2) is 24.3 Å². The van der Waals surface area contributed by atoms with Crippen LogP contribution in [0.1, 0.15) is 0 Å². The lowest BCUT2D eigenvalue weighted by atomic mass is 10.0. The highest BCUT2D eigenvalue weighted by molar-refractivity contribution is 6.13. The van der Waals surface area contributed by atoms with Crippen molar-refractivity contribution < 1.29 is 0 Å². The van der Waals surface area contributed by atoms with Crippen molar-refractivity contribution in [1.82, 2.24) is 24.3 Å². The lowest BCUT2D eigenvalue weighted by molar-refractivity contribution is 1.07. The van der Waals surface area contributed by atoms with E-state index in [-0.39, 0.29) is 5.56 Å². The number of benzene rings is 5. The summed E-state index contributed by atoms with van der Waals surface area (Å²) in [5, 5.41) is 3.61. The molecule has 8 rings (SSSR count). The first-order valence-corrected chi connectivity index (χ1v) is 13.4. The number of hydrogen-bond acceptors (Lipinski definition) is 5. The lowest BCUT2D eigenvalue weighted by Crippen LogP contribution is -2.12. The normalized spacial score (nSPS) is 11.5. The van der Waals surface area contributed by atoms with Crippen LogP contribution in [0, 0.1) is 0 Å². The molecule has 0 bridgehead atoms. The van der Waals surface area contributed by atoms with Gasteiger partial charge in [0.05, 0.1) is 16.4 Å². The van der Waals surface area contributed by atoms with E-state index >= 15 is 0 Å². The van der Waals surface area contributed by atoms with Crippen LogP contribution in [0.3, 0.4) is 0 Å². The van der Waals surface area contributed by atoms with E-state index in [0.29, 0.717) is 28.5 Å². The van der Waals surface area contributed by atoms with Crippen LogP contribution in [0.25, 0.3) is 72.4 Å². The van der Waals surface area contributed by atoms with Gasteiger partial charge in [0, 0.05) is 27.5 Å². The maximum Gasteiger partial charge on any atom is 0.281 e. The van der Waals surface area contributed by atoms with Crippen LogP contribution in [0.15, 0.2) is 132 Å². The molecule has 0 N–H and O–H groups in total. The van der Waals surface area contributed by atoms with Crippen LogP contribution in [0.5, 0.6) is 0 Å². The molecule has 0 atom stereocenters. The zero-order valence-corrected chi connectivity index (χ0v) is 21.8. The molecular formula is C35H21N5O. The molecule has 8 aromatic rings. The van der Waals surface area contributed by atoms with Gasteiger partial charge < -0.3 is 0 Å². The van der Waals surface area contributed by atoms with Crippen molar-refractivity contribution in [2.45, 2.75) is 0 Å². The van der Waals surface area contributed by atoms with Gasteiger partial charge in [0.15, 0.2) is 17.5 Å². The quantitative estimate of drug-likeness (QED) is 0.225. The third kappa shape index (κ3) is 3.77. The van der Waals surface area contributed by atoms with Crippen LogP contribution >= 0.6 is 0 Å². The Labute approximate surface area is 234 Å². The molecule has 41 heavy (non-hydrogen) atoms. The van der Waals surface area contributed by atoms with Crippen LogP contribution in [0.2, 0.25) is 0 Å². The Balaban J connectivity index is 1.41. The average Bonchev–Trinajstić information content (AvgIpc) is 3.05. The van der Waals surface area contributed by atoms with E-state index in [0.717, 1.165) is 43.9 Å². The number of hydrogen-bond donors (Lipinski definition) is 0. The van der Waals surface area contributed by atoms with Gasteiger partial charge in [-0.15, -0.1) is 0 Å². The lowest BCUT2D eigenvalue weighted by Gasteiger charge is -2.14. The molecule has 6 nitrogen and oxygen atoms in total. The van der Waals surface area contributed by atoms with Crippen molar-refractivity contribution in [3.8, 4) is 34.2 Å². The summed E-state index contributed by atoms with van der Waals surface area (Å²) in [4.78, 5) is 32.6. The molecule has 192 valence electrons. The first kappa shape index (κ1) is 23.2. The minimum Gasteiger partial charge on any atom is -0.293 e. The Hall–Kier alpha value is -5.75. The van der Waals surface area contributed by atoms with Gasteiger partial charge in [0.1, 0.15) is 5.65 Å². The third-order valence-electron chi connectivity index (χ3n) is 7.45. The van der Waals surface area contributed by atoms with Crippen molar-refractivity contribution >= 4 is 38.2 Å². The van der Waals surface area contributed by atoms with Crippen molar-refractivity contribution in [2.24, 2.45) is 0 Å². The third-order valence-corrected chi connectivity index (χ3v) is 7.45. The number of fused-ring (bicyclic) bond motifs is 8. The summed E-state index contributed by atoms with van der Waals surface area (Å²) in [6, 6.07) is 41.8. The number of para-hydroxylation sites is 1. The van der Waals surface area contributed by atoms with Gasteiger partial charge in [0.2, 0.25) is 0 Å². The molecule has 0 aliphatic carbocycles. The fraction of sp³-hybridized carbons (Fsp3) is 0. The number of nitrogens with zero attached hydrogens (tertiary/aromatic N) is 5. The second-order valence-corrected chi connectivity index (χ2v) is 9.91. The van der Waals surface area contributed by atoms with E-state index in [1.165, 1.54) is 0 Å². The highest BCUT2D eigenvalue weighted by atomic mass is 16.1. The molecule has 0 unspecified atom stereocenters. The maximum absolute atomic E-state index is 13.6. The summed E-state index contributed by atoms with van der Waals surface area (Å²) >= 11 is 0. The monoisotopic (exact) mass is 527 g/mol. The predicted molar refractivity (Wildman–Crippen MR) is 164 cm³/mol. The molecular weight excluding hydrogens is 506 g/mol. The standard InChI is InChI=1S/C35H21N5O/c41-35-28-21-24(33-37-31(22-11-3-1-4-12-22)36-32(38-33)23-13-5-2-6-14-23)19-20-30(28)40-29-18-10-9-16-26(29)25-15-7-8-17-27(25)34(40)39-35/h1-21H. The summed E-state index contributed by atoms with van der Waals surface area (Å²) < 4.78 is 2.08. The molecule has 0 saturated carbocycles. The maximum atomic E-state index is 13.6. The number of rotatable bonds is 3. The van der Waals surface area contributed by atoms with Crippen LogP contribution < -0.4 is 5.56 Å². The smallest absolute Gasteiger partial charge is 0.281 e. The Morgan fingerprint density at radius 1 is 0.415 bits per heavy atom. The van der Waals surface area contributed by atoms with E-state index in [4.69, 9.17) is 15.0 Å². The summed E-state index contributed by atoms with van der Waals surface area (Å²) in [6.07, 6.45) is 0. The Morgan fingerprint density at radius 3 is 1.59 bits per heavy atom. The van der Waals surface area contributed by atoms with Gasteiger partial charge in [-0.05, 0) is 29.7 Å². The molecule has 0 amide bonds. The van der Waals surface area contributed by atoms with E-state index in [1.54, 1.807) is 0 Å². The van der Waals surface area contributed by atoms with E-state index < -0.39 is 0 Å². The first-order valence-electron chi connectivity index (χ1n) is 13.4. The first-order chi connectivity index (χ1) is 20.2. The summed E-state index contributed by atoms with van der Waals surface area (Å²) in [7, 11) is 0. The van der Waals surface area contributed by atoms with Gasteiger partial charge in [-0.25, -0.2) is 15.0 Å². The second kappa shape index (κ2) is 9.17. The Bertz CT molecular complexity index is 2270. The SMILES string of the molecule is O=c1nc2c3ccccc3c3ccccc3n2c2ccc(-c3nc(-c4ccccc4)nc(-c4ccccc4)n3)cc12. The molecule has 6 heteroatoms. The predicted octanol–water partition coefficient (Wildman–Crippen LogP) is 7.34. The van der Waals surface area contributed by atoms with Crippen molar-refractivity contribution in [3.63, 3.8) is 0 Å². The van der Waals surface area contributed by atoms with Crippen molar-refractivity contribution in [1.29, 1.82) is 0 Å². The fourth-order valence-corrected chi connectivity index (χ4v) is 5.53. The van der Waals surface area contributed by atoms with E-state index in [1.807, 2.05) is 109 Å². The Kier molecular flexibility index (Phi) is 5.18. The average molecular weight is 528 g/mol. The van der Waals surface area contributed by atoms with Crippen LogP contribution in [-0.2, 0) is 0 Å². The highest BCUT2D eigenvalue weighted by Crippen LogP contribution is 2.31. The zero-order valence-electron chi connectivity index (χ0n) is 21.8. The Morgan fingerprint density at radius 2 is 0.927 bits per heavy atom. The fourth-order valence-electron chi connectivity index (χ4n) is 5.53. The second-order valence-electron chi connectivity index (χ2n) is 9.91. The molecule has 3 heterocycles. The largest absolute Gasteiger partial charge is 0.293 e. The summed E-state index contributed by atoms with van der Waals surface area (Å²) in [5.41, 5.74) is 4.62. The van der Waals surface area contributed by atoms with Crippen LogP contribution in [0.4, 0.5) is 0 Å². The van der Waals surface area contributed by atoms with Gasteiger partial charge in [-0.1, -0.05) is 103 Å². The topological polar surface area (TPSA) is 73.0 Å². The summed E-state index contributed by atoms with van der Waals surface area (Å²) in [6.45, 7) is 0. The zero-order chi connectivity index (χ0) is 27.3. The summed E-state index contributed by atoms with van der Waals surface area (Å²) in [5.74, 6) is 1.63. The number of aromatic nitrogens is 5. The van der Waals surface area contributed by atoms with E-state index in [2.05, 4.69) is 27.6 Å². The molecule has 5 aromatic carbocycles. The van der Waals surface area contributed by atoms with Crippen molar-refractivity contribution in [2.75, 3.05) is 0 Å². The van der Waals surface area contributed by atoms with Crippen molar-refractivity contribution in [3.05, 3.63) is 138 Å². The number of pyridine rings is 1. The van der Waals surface area contributed by atoms with Gasteiger partial charge in [-0.2, -0.15) is 4.98 Å². The molecule has 0 saturated heterocycles. The molecule has 3 aromatic heterocycles. The molecule has 0 spiro atoms.